The number of nitrogens with one attached hydrogen (secondary N) is 4. The summed E-state index contributed by atoms with van der Waals surface area (Å²) >= 11 is -2.14. The van der Waals surface area contributed by atoms with Crippen molar-refractivity contribution in [3.63, 3.8) is 0 Å². The molecule has 13 heteroatoms. The summed E-state index contributed by atoms with van der Waals surface area (Å²) in [6.07, 6.45) is 9.72. The zero-order chi connectivity index (χ0) is 32.2. The van der Waals surface area contributed by atoms with Crippen molar-refractivity contribution in [2.75, 3.05) is 6.54 Å². The van der Waals surface area contributed by atoms with Crippen LogP contribution in [0.1, 0.15) is 111 Å². The van der Waals surface area contributed by atoms with Crippen LogP contribution in [0, 0.1) is 11.3 Å². The Morgan fingerprint density at radius 2 is 1.61 bits per heavy atom. The molecule has 3 aliphatic carbocycles. The van der Waals surface area contributed by atoms with Crippen molar-refractivity contribution in [2.45, 2.75) is 146 Å². The standard InChI is InChI=1S/C31H51N5O7S/c1-19(44(42)43)31(16-6-5-7-17-31)35-29(41)34-25(30(2,3)4)28(40)36-18-8-9-23(36)26(38)33-22(15-12-20-10-11-20)24(37)27(39)32-21-13-14-21/h19-23,25H,5-18H2,1-4H3,(H,32,39)(H,33,38)(H,42,43)(H2,34,35,41)/t19-,22+,23+,25-/m1/s1. The van der Waals surface area contributed by atoms with Crippen LogP contribution in [-0.4, -0.2) is 84.7 Å². The molecule has 3 saturated carbocycles. The minimum Gasteiger partial charge on any atom is -0.347 e. The van der Waals surface area contributed by atoms with Crippen LogP contribution in [0.4, 0.5) is 4.79 Å². The van der Waals surface area contributed by atoms with Gasteiger partial charge >= 0.3 is 6.03 Å². The highest BCUT2D eigenvalue weighted by molar-refractivity contribution is 7.80. The minimum absolute atomic E-state index is 0.0233. The number of hydrogen-bond acceptors (Lipinski definition) is 6. The number of rotatable bonds is 13. The van der Waals surface area contributed by atoms with Crippen molar-refractivity contribution in [3.8, 4) is 0 Å². The fourth-order valence-electron chi connectivity index (χ4n) is 6.51. The summed E-state index contributed by atoms with van der Waals surface area (Å²) in [5.74, 6) is -1.69. The van der Waals surface area contributed by atoms with Gasteiger partial charge in [-0.1, -0.05) is 52.9 Å². The maximum atomic E-state index is 14.0. The van der Waals surface area contributed by atoms with Crippen LogP contribution >= 0.6 is 0 Å². The third-order valence-electron chi connectivity index (χ3n) is 9.75. The highest BCUT2D eigenvalue weighted by Gasteiger charge is 2.45. The zero-order valence-electron chi connectivity index (χ0n) is 26.6. The van der Waals surface area contributed by atoms with E-state index in [1.54, 1.807) is 6.92 Å². The third kappa shape index (κ3) is 8.80. The van der Waals surface area contributed by atoms with Crippen LogP contribution in [0.2, 0.25) is 0 Å². The molecular formula is C31H51N5O7S. The van der Waals surface area contributed by atoms with Gasteiger partial charge in [-0.05, 0) is 69.6 Å². The molecule has 0 aromatic carbocycles. The van der Waals surface area contributed by atoms with Crippen molar-refractivity contribution < 1.29 is 32.7 Å². The van der Waals surface area contributed by atoms with Crippen LogP contribution in [-0.2, 0) is 30.3 Å². The molecule has 4 rings (SSSR count). The number of likely N-dealkylation sites (tertiary alicyclic amines) is 1. The molecule has 248 valence electrons. The molecule has 1 aliphatic heterocycles. The smallest absolute Gasteiger partial charge is 0.315 e. The van der Waals surface area contributed by atoms with E-state index in [1.807, 2.05) is 20.8 Å². The first-order valence-electron chi connectivity index (χ1n) is 16.4. The fourth-order valence-corrected chi connectivity index (χ4v) is 7.19. The van der Waals surface area contributed by atoms with Crippen LogP contribution in [0.3, 0.4) is 0 Å². The molecule has 0 aromatic heterocycles. The van der Waals surface area contributed by atoms with Crippen LogP contribution < -0.4 is 21.3 Å². The van der Waals surface area contributed by atoms with E-state index in [0.29, 0.717) is 44.6 Å². The highest BCUT2D eigenvalue weighted by atomic mass is 32.2. The first-order chi connectivity index (χ1) is 20.7. The topological polar surface area (TPSA) is 174 Å². The molecule has 1 saturated heterocycles. The largest absolute Gasteiger partial charge is 0.347 e. The quantitative estimate of drug-likeness (QED) is 0.152. The van der Waals surface area contributed by atoms with Crippen LogP contribution in [0.5, 0.6) is 0 Å². The summed E-state index contributed by atoms with van der Waals surface area (Å²) in [5, 5.41) is 10.6. The second-order valence-corrected chi connectivity index (χ2v) is 15.7. The Labute approximate surface area is 263 Å². The van der Waals surface area contributed by atoms with Crippen molar-refractivity contribution in [1.29, 1.82) is 0 Å². The Balaban J connectivity index is 1.44. The van der Waals surface area contributed by atoms with Gasteiger partial charge in [0.05, 0.1) is 16.8 Å². The van der Waals surface area contributed by atoms with E-state index in [2.05, 4.69) is 21.3 Å². The van der Waals surface area contributed by atoms with E-state index in [0.717, 1.165) is 51.4 Å². The Hall–Kier alpha value is -2.54. The van der Waals surface area contributed by atoms with Crippen molar-refractivity contribution in [2.24, 2.45) is 11.3 Å². The number of Topliss-reactive ketones (excluding diaryl/α,β-unsaturated/α-hetero) is 1. The third-order valence-corrected chi connectivity index (χ3v) is 10.8. The van der Waals surface area contributed by atoms with Crippen molar-refractivity contribution in [1.82, 2.24) is 26.2 Å². The lowest BCUT2D eigenvalue weighted by atomic mass is 9.79. The number of carbonyl (C=O) groups excluding carboxylic acids is 5. The molecule has 0 radical (unpaired) electrons. The predicted molar refractivity (Wildman–Crippen MR) is 166 cm³/mol. The molecule has 1 heterocycles. The Kier molecular flexibility index (Phi) is 11.1. The van der Waals surface area contributed by atoms with Gasteiger partial charge in [-0.15, -0.1) is 0 Å². The van der Waals surface area contributed by atoms with E-state index >= 15 is 0 Å². The van der Waals surface area contributed by atoms with Gasteiger partial charge in [0, 0.05) is 12.6 Å². The Morgan fingerprint density at radius 1 is 0.955 bits per heavy atom. The molecule has 12 nitrogen and oxygen atoms in total. The zero-order valence-corrected chi connectivity index (χ0v) is 27.4. The lowest BCUT2D eigenvalue weighted by molar-refractivity contribution is -0.143. The monoisotopic (exact) mass is 637 g/mol. The van der Waals surface area contributed by atoms with Gasteiger partial charge in [0.25, 0.3) is 5.91 Å². The van der Waals surface area contributed by atoms with Gasteiger partial charge in [0.2, 0.25) is 17.6 Å². The van der Waals surface area contributed by atoms with E-state index in [9.17, 15) is 32.7 Å². The average Bonchev–Trinajstić information content (AvgIpc) is 3.91. The Bertz CT molecular complexity index is 1130. The lowest BCUT2D eigenvalue weighted by Crippen LogP contribution is -2.64. The second-order valence-electron chi connectivity index (χ2n) is 14.4. The number of hydrogen-bond donors (Lipinski definition) is 5. The molecular weight excluding hydrogens is 586 g/mol. The van der Waals surface area contributed by atoms with Crippen LogP contribution in [0.25, 0.3) is 0 Å². The number of urea groups is 1. The molecule has 5 N–H and O–H groups in total. The molecule has 4 aliphatic rings. The van der Waals surface area contributed by atoms with E-state index < -0.39 is 74.9 Å². The molecule has 1 unspecified atom stereocenters. The molecule has 0 spiro atoms. The maximum Gasteiger partial charge on any atom is 0.315 e. The highest BCUT2D eigenvalue weighted by Crippen LogP contribution is 2.35. The normalized spacial score (nSPS) is 24.4. The molecule has 5 atom stereocenters. The van der Waals surface area contributed by atoms with Gasteiger partial charge in [0.1, 0.15) is 12.1 Å². The van der Waals surface area contributed by atoms with Crippen molar-refractivity contribution >= 4 is 40.6 Å². The molecule has 44 heavy (non-hydrogen) atoms. The fraction of sp³-hybridized carbons (Fsp3) is 0.839. The number of nitrogens with zero attached hydrogens (tertiary/aromatic N) is 1. The SMILES string of the molecule is C[C@@H](S(=O)O)C1(NC(=O)N[C@H](C(=O)N2CCC[C@H]2C(=O)N[C@@H](CCC2CC2)C(=O)C(=O)NC2CC2)C(C)(C)C)CCCCC1. The summed E-state index contributed by atoms with van der Waals surface area (Å²) < 4.78 is 21.9. The van der Waals surface area contributed by atoms with Gasteiger partial charge in [-0.3, -0.25) is 19.2 Å². The van der Waals surface area contributed by atoms with Crippen molar-refractivity contribution in [3.05, 3.63) is 0 Å². The minimum atomic E-state index is -2.14. The molecule has 0 bridgehead atoms. The molecule has 5 amide bonds. The molecule has 0 aromatic rings. The van der Waals surface area contributed by atoms with E-state index in [1.165, 1.54) is 4.90 Å². The number of amides is 5. The predicted octanol–water partition coefficient (Wildman–Crippen LogP) is 2.53. The van der Waals surface area contributed by atoms with E-state index in [-0.39, 0.29) is 6.04 Å². The Morgan fingerprint density at radius 3 is 2.18 bits per heavy atom. The van der Waals surface area contributed by atoms with Gasteiger partial charge in [-0.2, -0.15) is 0 Å². The molecule has 4 fully saturated rings. The number of ketones is 1. The second kappa shape index (κ2) is 14.3. The van der Waals surface area contributed by atoms with Gasteiger partial charge in [-0.25, -0.2) is 9.00 Å². The first-order valence-corrected chi connectivity index (χ1v) is 17.5. The summed E-state index contributed by atoms with van der Waals surface area (Å²) in [5.41, 5.74) is -1.58. The summed E-state index contributed by atoms with van der Waals surface area (Å²) in [6, 6.07) is -3.34. The summed E-state index contributed by atoms with van der Waals surface area (Å²) in [6.45, 7) is 7.45. The van der Waals surface area contributed by atoms with Gasteiger partial charge < -0.3 is 30.7 Å². The van der Waals surface area contributed by atoms with Gasteiger partial charge in [0.15, 0.2) is 11.1 Å². The van der Waals surface area contributed by atoms with Crippen LogP contribution in [0.15, 0.2) is 0 Å². The summed E-state index contributed by atoms with van der Waals surface area (Å²) in [4.78, 5) is 68.1. The first kappa shape index (κ1) is 34.3. The average molecular weight is 638 g/mol. The lowest BCUT2D eigenvalue weighted by Gasteiger charge is -2.42. The summed E-state index contributed by atoms with van der Waals surface area (Å²) in [7, 11) is 0. The maximum absolute atomic E-state index is 14.0. The number of carbonyl (C=O) groups is 5. The van der Waals surface area contributed by atoms with E-state index in [4.69, 9.17) is 0 Å².